The third-order valence-corrected chi connectivity index (χ3v) is 5.26. The number of rotatable bonds is 7. The van der Waals surface area contributed by atoms with Crippen LogP contribution in [0.1, 0.15) is 17.3 Å². The van der Waals surface area contributed by atoms with Crippen LogP contribution in [0.25, 0.3) is 0 Å². The lowest BCUT2D eigenvalue weighted by atomic mass is 10.2. The summed E-state index contributed by atoms with van der Waals surface area (Å²) < 4.78 is 11.5. The highest BCUT2D eigenvalue weighted by Crippen LogP contribution is 2.24. The summed E-state index contributed by atoms with van der Waals surface area (Å²) in [6.45, 7) is 4.48. The van der Waals surface area contributed by atoms with Gasteiger partial charge in [0.05, 0.1) is 0 Å². The minimum atomic E-state index is 0.153. The summed E-state index contributed by atoms with van der Waals surface area (Å²) in [5.41, 5.74) is 1.40. The molecule has 2 aromatic heterocycles. The van der Waals surface area contributed by atoms with E-state index in [0.29, 0.717) is 28.2 Å². The van der Waals surface area contributed by atoms with Crippen molar-refractivity contribution in [1.82, 2.24) is 14.9 Å². The molecule has 3 heterocycles. The van der Waals surface area contributed by atoms with Crippen molar-refractivity contribution in [3.63, 3.8) is 0 Å². The summed E-state index contributed by atoms with van der Waals surface area (Å²) >= 11 is 5.88. The SMILES string of the molecule is N#Cc1nc(COc2ccc(Cl)cc2)oc1N1CCN(CCc2ccccn2)CC1. The Bertz CT molecular complexity index is 993. The Hall–Kier alpha value is -3.08. The molecular formula is C22H22ClN5O2. The topological polar surface area (TPSA) is 78.4 Å². The standard InChI is InChI=1S/C22H22ClN5O2/c23-17-4-6-19(7-5-17)29-16-21-26-20(15-24)22(30-21)28-13-11-27(12-14-28)10-8-18-3-1-2-9-25-18/h1-7,9H,8,10-14,16H2. The second-order valence-electron chi connectivity index (χ2n) is 7.02. The number of hydrogen-bond acceptors (Lipinski definition) is 7. The van der Waals surface area contributed by atoms with Gasteiger partial charge in [-0.1, -0.05) is 17.7 Å². The molecule has 3 aromatic rings. The van der Waals surface area contributed by atoms with Crippen LogP contribution in [0.3, 0.4) is 0 Å². The third kappa shape index (κ3) is 5.09. The number of benzene rings is 1. The van der Waals surface area contributed by atoms with Crippen molar-refractivity contribution in [1.29, 1.82) is 5.26 Å². The highest BCUT2D eigenvalue weighted by Gasteiger charge is 2.24. The van der Waals surface area contributed by atoms with E-state index in [9.17, 15) is 5.26 Å². The first kappa shape index (κ1) is 20.2. The number of halogens is 1. The minimum Gasteiger partial charge on any atom is -0.484 e. The number of nitriles is 1. The van der Waals surface area contributed by atoms with Gasteiger partial charge in [0, 0.05) is 56.1 Å². The molecule has 4 rings (SSSR count). The number of anilines is 1. The zero-order chi connectivity index (χ0) is 20.8. The van der Waals surface area contributed by atoms with Gasteiger partial charge in [0.2, 0.25) is 17.5 Å². The maximum atomic E-state index is 9.47. The van der Waals surface area contributed by atoms with Crippen molar-refractivity contribution in [2.75, 3.05) is 37.6 Å². The van der Waals surface area contributed by atoms with Gasteiger partial charge in [0.15, 0.2) is 6.61 Å². The Morgan fingerprint density at radius 3 is 2.60 bits per heavy atom. The molecule has 0 spiro atoms. The number of ether oxygens (including phenoxy) is 1. The second kappa shape index (κ2) is 9.61. The van der Waals surface area contributed by atoms with Crippen LogP contribution in [-0.4, -0.2) is 47.6 Å². The molecule has 1 aromatic carbocycles. The summed E-state index contributed by atoms with van der Waals surface area (Å²) in [6.07, 6.45) is 2.76. The zero-order valence-corrected chi connectivity index (χ0v) is 17.3. The Labute approximate surface area is 180 Å². The fraction of sp³-hybridized carbons (Fsp3) is 0.318. The molecule has 30 heavy (non-hydrogen) atoms. The Balaban J connectivity index is 1.31. The van der Waals surface area contributed by atoms with Crippen LogP contribution >= 0.6 is 11.6 Å². The normalized spacial score (nSPS) is 14.5. The lowest BCUT2D eigenvalue weighted by molar-refractivity contribution is 0.247. The largest absolute Gasteiger partial charge is 0.484 e. The minimum absolute atomic E-state index is 0.153. The van der Waals surface area contributed by atoms with Gasteiger partial charge in [-0.25, -0.2) is 0 Å². The monoisotopic (exact) mass is 423 g/mol. The maximum Gasteiger partial charge on any atom is 0.236 e. The van der Waals surface area contributed by atoms with Gasteiger partial charge in [-0.3, -0.25) is 9.88 Å². The molecule has 154 valence electrons. The van der Waals surface area contributed by atoms with Crippen LogP contribution in [0, 0.1) is 11.3 Å². The third-order valence-electron chi connectivity index (χ3n) is 5.01. The van der Waals surface area contributed by atoms with Gasteiger partial charge < -0.3 is 14.1 Å². The van der Waals surface area contributed by atoms with Gasteiger partial charge in [0.1, 0.15) is 11.8 Å². The van der Waals surface area contributed by atoms with Crippen LogP contribution in [0.15, 0.2) is 53.1 Å². The van der Waals surface area contributed by atoms with Gasteiger partial charge in [-0.15, -0.1) is 0 Å². The molecule has 0 bridgehead atoms. The molecule has 0 saturated carbocycles. The second-order valence-corrected chi connectivity index (χ2v) is 7.45. The van der Waals surface area contributed by atoms with E-state index in [0.717, 1.165) is 44.8 Å². The molecule has 1 aliphatic heterocycles. The molecule has 0 radical (unpaired) electrons. The lowest BCUT2D eigenvalue weighted by Gasteiger charge is -2.34. The van der Waals surface area contributed by atoms with Crippen LogP contribution < -0.4 is 9.64 Å². The fourth-order valence-corrected chi connectivity index (χ4v) is 3.50. The van der Waals surface area contributed by atoms with Crippen LogP contribution in [0.5, 0.6) is 5.75 Å². The number of nitrogens with zero attached hydrogens (tertiary/aromatic N) is 5. The first-order chi connectivity index (χ1) is 14.7. The average Bonchev–Trinajstić information content (AvgIpc) is 3.22. The van der Waals surface area contributed by atoms with Gasteiger partial charge in [0.25, 0.3) is 0 Å². The molecule has 0 atom stereocenters. The van der Waals surface area contributed by atoms with E-state index < -0.39 is 0 Å². The first-order valence-corrected chi connectivity index (χ1v) is 10.2. The molecular weight excluding hydrogens is 402 g/mol. The summed E-state index contributed by atoms with van der Waals surface area (Å²) in [5.74, 6) is 1.57. The van der Waals surface area contributed by atoms with Crippen molar-refractivity contribution in [3.05, 3.63) is 71.0 Å². The van der Waals surface area contributed by atoms with E-state index in [4.69, 9.17) is 20.8 Å². The number of hydrogen-bond donors (Lipinski definition) is 0. The number of piperazine rings is 1. The molecule has 1 saturated heterocycles. The van der Waals surface area contributed by atoms with E-state index >= 15 is 0 Å². The smallest absolute Gasteiger partial charge is 0.236 e. The fourth-order valence-electron chi connectivity index (χ4n) is 3.37. The van der Waals surface area contributed by atoms with E-state index in [1.165, 1.54) is 0 Å². The summed E-state index contributed by atoms with van der Waals surface area (Å²) in [5, 5.41) is 10.1. The molecule has 0 amide bonds. The van der Waals surface area contributed by atoms with Crippen molar-refractivity contribution in [2.24, 2.45) is 0 Å². The number of pyridine rings is 1. The first-order valence-electron chi connectivity index (χ1n) is 9.86. The highest BCUT2D eigenvalue weighted by atomic mass is 35.5. The average molecular weight is 424 g/mol. The van der Waals surface area contributed by atoms with Crippen molar-refractivity contribution < 1.29 is 9.15 Å². The highest BCUT2D eigenvalue weighted by molar-refractivity contribution is 6.30. The Morgan fingerprint density at radius 1 is 1.10 bits per heavy atom. The quantitative estimate of drug-likeness (QED) is 0.575. The molecule has 1 fully saturated rings. The molecule has 8 heteroatoms. The van der Waals surface area contributed by atoms with Crippen LogP contribution in [0.4, 0.5) is 5.88 Å². The predicted molar refractivity (Wildman–Crippen MR) is 114 cm³/mol. The Kier molecular flexibility index (Phi) is 6.47. The molecule has 1 aliphatic rings. The summed E-state index contributed by atoms with van der Waals surface area (Å²) in [7, 11) is 0. The molecule has 0 unspecified atom stereocenters. The summed E-state index contributed by atoms with van der Waals surface area (Å²) in [4.78, 5) is 13.1. The maximum absolute atomic E-state index is 9.47. The molecule has 0 aliphatic carbocycles. The van der Waals surface area contributed by atoms with Gasteiger partial charge in [-0.2, -0.15) is 10.2 Å². The van der Waals surface area contributed by atoms with E-state index in [1.807, 2.05) is 18.3 Å². The van der Waals surface area contributed by atoms with Crippen molar-refractivity contribution in [3.8, 4) is 11.8 Å². The summed E-state index contributed by atoms with van der Waals surface area (Å²) in [6, 6.07) is 15.2. The van der Waals surface area contributed by atoms with E-state index in [-0.39, 0.29) is 6.61 Å². The molecule has 0 N–H and O–H groups in total. The van der Waals surface area contributed by atoms with Crippen LogP contribution in [-0.2, 0) is 13.0 Å². The van der Waals surface area contributed by atoms with Crippen LogP contribution in [0.2, 0.25) is 5.02 Å². The number of oxazole rings is 1. The van der Waals surface area contributed by atoms with Crippen molar-refractivity contribution in [2.45, 2.75) is 13.0 Å². The number of aromatic nitrogens is 2. The van der Waals surface area contributed by atoms with E-state index in [2.05, 4.69) is 31.9 Å². The lowest BCUT2D eigenvalue weighted by Crippen LogP contribution is -2.47. The van der Waals surface area contributed by atoms with Gasteiger partial charge >= 0.3 is 0 Å². The zero-order valence-electron chi connectivity index (χ0n) is 16.5. The van der Waals surface area contributed by atoms with Gasteiger partial charge in [-0.05, 0) is 36.4 Å². The van der Waals surface area contributed by atoms with E-state index in [1.54, 1.807) is 24.3 Å². The predicted octanol–water partition coefficient (Wildman–Crippen LogP) is 3.54. The Morgan fingerprint density at radius 2 is 1.90 bits per heavy atom. The van der Waals surface area contributed by atoms with Crippen molar-refractivity contribution >= 4 is 17.5 Å². The molecule has 7 nitrogen and oxygen atoms in total.